The summed E-state index contributed by atoms with van der Waals surface area (Å²) < 4.78 is 0. The number of aryl methyl sites for hydroxylation is 2. The molecule has 1 amide bonds. The number of anilines is 1. The van der Waals surface area contributed by atoms with Crippen LogP contribution >= 0.6 is 0 Å². The van der Waals surface area contributed by atoms with Crippen LogP contribution in [-0.4, -0.2) is 21.0 Å². The second kappa shape index (κ2) is 9.06. The Morgan fingerprint density at radius 3 is 2.54 bits per heavy atom. The van der Waals surface area contributed by atoms with E-state index >= 15 is 0 Å². The van der Waals surface area contributed by atoms with Crippen molar-refractivity contribution in [3.63, 3.8) is 0 Å². The Bertz CT molecular complexity index is 831. The normalized spacial score (nSPS) is 11.8. The van der Waals surface area contributed by atoms with Crippen molar-refractivity contribution in [1.82, 2.24) is 9.97 Å². The summed E-state index contributed by atoms with van der Waals surface area (Å²) in [5.41, 5.74) is 4.97. The Morgan fingerprint density at radius 2 is 1.96 bits per heavy atom. The monoisotopic (exact) mass is 351 g/mol. The van der Waals surface area contributed by atoms with E-state index in [4.69, 9.17) is 0 Å². The molecule has 0 radical (unpaired) electrons. The van der Waals surface area contributed by atoms with E-state index in [1.54, 1.807) is 12.3 Å². The zero-order valence-electron chi connectivity index (χ0n) is 15.7. The highest BCUT2D eigenvalue weighted by Crippen LogP contribution is 2.23. The molecule has 0 atom stereocenters. The van der Waals surface area contributed by atoms with Crippen molar-refractivity contribution < 1.29 is 9.90 Å². The van der Waals surface area contributed by atoms with Gasteiger partial charge >= 0.3 is 0 Å². The van der Waals surface area contributed by atoms with Crippen LogP contribution in [0.4, 0.5) is 5.69 Å². The molecule has 5 heteroatoms. The molecule has 0 fully saturated rings. The maximum absolute atomic E-state index is 12.6. The number of nitrogens with one attached hydrogen (secondary N) is 1. The van der Waals surface area contributed by atoms with Gasteiger partial charge in [0.2, 0.25) is 5.82 Å². The van der Waals surface area contributed by atoms with E-state index in [1.807, 2.05) is 51.1 Å². The SMILES string of the molecule is C/C=C(\C=C/CC)c1ccnc(C(=O)Nc2c(C)cc(CO)cc2C)n1. The molecule has 0 saturated carbocycles. The number of aromatic nitrogens is 2. The van der Waals surface area contributed by atoms with E-state index in [-0.39, 0.29) is 18.3 Å². The third-order valence-corrected chi connectivity index (χ3v) is 4.01. The summed E-state index contributed by atoms with van der Waals surface area (Å²) in [5, 5.41) is 12.2. The maximum Gasteiger partial charge on any atom is 0.293 e. The summed E-state index contributed by atoms with van der Waals surface area (Å²) in [7, 11) is 0. The zero-order valence-corrected chi connectivity index (χ0v) is 15.7. The van der Waals surface area contributed by atoms with Gasteiger partial charge in [-0.05, 0) is 55.5 Å². The highest BCUT2D eigenvalue weighted by atomic mass is 16.3. The number of amides is 1. The van der Waals surface area contributed by atoms with Crippen LogP contribution in [0, 0.1) is 13.8 Å². The molecule has 5 nitrogen and oxygen atoms in total. The van der Waals surface area contributed by atoms with Gasteiger partial charge in [-0.1, -0.05) is 37.3 Å². The number of allylic oxidation sites excluding steroid dienone is 4. The third kappa shape index (κ3) is 4.64. The van der Waals surface area contributed by atoms with Gasteiger partial charge in [0.1, 0.15) is 0 Å². The molecule has 0 spiro atoms. The lowest BCUT2D eigenvalue weighted by atomic mass is 10.0. The van der Waals surface area contributed by atoms with Gasteiger partial charge < -0.3 is 10.4 Å². The molecular weight excluding hydrogens is 326 g/mol. The Kier molecular flexibility index (Phi) is 6.81. The van der Waals surface area contributed by atoms with Crippen molar-refractivity contribution in [2.45, 2.75) is 40.7 Å². The van der Waals surface area contributed by atoms with Gasteiger partial charge in [0.15, 0.2) is 0 Å². The minimum absolute atomic E-state index is 0.0293. The van der Waals surface area contributed by atoms with Gasteiger partial charge in [-0.25, -0.2) is 9.97 Å². The number of carbonyl (C=O) groups is 1. The molecule has 2 N–H and O–H groups in total. The van der Waals surface area contributed by atoms with Crippen LogP contribution in [0.5, 0.6) is 0 Å². The number of hydrogen-bond acceptors (Lipinski definition) is 4. The fraction of sp³-hybridized carbons (Fsp3) is 0.286. The minimum Gasteiger partial charge on any atom is -0.392 e. The summed E-state index contributed by atoms with van der Waals surface area (Å²) in [6.07, 6.45) is 8.52. The number of rotatable bonds is 6. The number of carbonyl (C=O) groups excluding carboxylic acids is 1. The van der Waals surface area contributed by atoms with Gasteiger partial charge in [-0.3, -0.25) is 4.79 Å². The summed E-state index contributed by atoms with van der Waals surface area (Å²) in [6, 6.07) is 5.50. The quantitative estimate of drug-likeness (QED) is 0.765. The Balaban J connectivity index is 2.29. The number of nitrogens with zero attached hydrogens (tertiary/aromatic N) is 2. The van der Waals surface area contributed by atoms with E-state index < -0.39 is 0 Å². The number of aliphatic hydroxyl groups is 1. The van der Waals surface area contributed by atoms with Crippen molar-refractivity contribution in [2.24, 2.45) is 0 Å². The van der Waals surface area contributed by atoms with E-state index in [0.717, 1.165) is 34.4 Å². The molecule has 26 heavy (non-hydrogen) atoms. The van der Waals surface area contributed by atoms with Gasteiger partial charge in [-0.15, -0.1) is 0 Å². The Morgan fingerprint density at radius 1 is 1.27 bits per heavy atom. The summed E-state index contributed by atoms with van der Waals surface area (Å²) in [4.78, 5) is 21.1. The molecule has 0 saturated heterocycles. The number of aliphatic hydroxyl groups excluding tert-OH is 1. The van der Waals surface area contributed by atoms with Crippen molar-refractivity contribution in [3.8, 4) is 0 Å². The number of hydrogen-bond donors (Lipinski definition) is 2. The van der Waals surface area contributed by atoms with Crippen LogP contribution in [0.15, 0.2) is 42.6 Å². The fourth-order valence-electron chi connectivity index (χ4n) is 2.71. The highest BCUT2D eigenvalue weighted by Gasteiger charge is 2.14. The highest BCUT2D eigenvalue weighted by molar-refractivity contribution is 6.02. The molecule has 0 bridgehead atoms. The first-order valence-electron chi connectivity index (χ1n) is 8.68. The third-order valence-electron chi connectivity index (χ3n) is 4.01. The van der Waals surface area contributed by atoms with Crippen molar-refractivity contribution in [1.29, 1.82) is 0 Å². The first kappa shape index (κ1) is 19.5. The van der Waals surface area contributed by atoms with E-state index in [9.17, 15) is 9.90 Å². The average Bonchev–Trinajstić information content (AvgIpc) is 2.65. The molecule has 1 aromatic carbocycles. The lowest BCUT2D eigenvalue weighted by molar-refractivity contribution is 0.101. The van der Waals surface area contributed by atoms with Gasteiger partial charge in [0, 0.05) is 11.9 Å². The van der Waals surface area contributed by atoms with Crippen LogP contribution < -0.4 is 5.32 Å². The second-order valence-corrected chi connectivity index (χ2v) is 6.04. The molecule has 0 aliphatic carbocycles. The molecule has 2 aromatic rings. The van der Waals surface area contributed by atoms with E-state index in [1.165, 1.54) is 0 Å². The van der Waals surface area contributed by atoms with Crippen molar-refractivity contribution in [3.05, 3.63) is 70.8 Å². The van der Waals surface area contributed by atoms with Gasteiger partial charge in [-0.2, -0.15) is 0 Å². The molecule has 2 rings (SSSR count). The molecule has 1 heterocycles. The van der Waals surface area contributed by atoms with Gasteiger partial charge in [0.05, 0.1) is 12.3 Å². The first-order valence-corrected chi connectivity index (χ1v) is 8.68. The molecular formula is C21H25N3O2. The van der Waals surface area contributed by atoms with Crippen LogP contribution in [0.3, 0.4) is 0 Å². The molecule has 136 valence electrons. The van der Waals surface area contributed by atoms with E-state index in [2.05, 4.69) is 22.2 Å². The van der Waals surface area contributed by atoms with Crippen LogP contribution in [0.1, 0.15) is 53.3 Å². The summed E-state index contributed by atoms with van der Waals surface area (Å²) in [6.45, 7) is 7.76. The fourth-order valence-corrected chi connectivity index (χ4v) is 2.71. The standard InChI is InChI=1S/C21H25N3O2/c1-5-7-8-17(6-2)18-9-10-22-20(23-18)21(26)24-19-14(3)11-16(13-25)12-15(19)4/h6-12,25H,5,13H2,1-4H3,(H,24,26)/b8-7-,17-6+. The van der Waals surface area contributed by atoms with Crippen LogP contribution in [0.2, 0.25) is 0 Å². The average molecular weight is 351 g/mol. The summed E-state index contributed by atoms with van der Waals surface area (Å²) >= 11 is 0. The maximum atomic E-state index is 12.6. The zero-order chi connectivity index (χ0) is 19.1. The smallest absolute Gasteiger partial charge is 0.293 e. The van der Waals surface area contributed by atoms with Gasteiger partial charge in [0.25, 0.3) is 5.91 Å². The largest absolute Gasteiger partial charge is 0.392 e. The van der Waals surface area contributed by atoms with Crippen LogP contribution in [0.25, 0.3) is 5.57 Å². The summed E-state index contributed by atoms with van der Waals surface area (Å²) in [5.74, 6) is -0.235. The van der Waals surface area contributed by atoms with E-state index in [0.29, 0.717) is 5.69 Å². The minimum atomic E-state index is -0.357. The lowest BCUT2D eigenvalue weighted by Crippen LogP contribution is -2.17. The molecule has 1 aromatic heterocycles. The van der Waals surface area contributed by atoms with Crippen LogP contribution in [-0.2, 0) is 6.61 Å². The molecule has 0 unspecified atom stereocenters. The molecule has 0 aliphatic heterocycles. The first-order chi connectivity index (χ1) is 12.5. The topological polar surface area (TPSA) is 75.1 Å². The van der Waals surface area contributed by atoms with Crippen molar-refractivity contribution >= 4 is 17.2 Å². The Hall–Kier alpha value is -2.79. The predicted octanol–water partition coefficient (Wildman–Crippen LogP) is 4.21. The lowest BCUT2D eigenvalue weighted by Gasteiger charge is -2.13. The van der Waals surface area contributed by atoms with Crippen molar-refractivity contribution in [2.75, 3.05) is 5.32 Å². The second-order valence-electron chi connectivity index (χ2n) is 6.04. The molecule has 0 aliphatic rings. The number of benzene rings is 1. The predicted molar refractivity (Wildman–Crippen MR) is 105 cm³/mol. The Labute approximate surface area is 154 Å².